The SMILES string of the molecule is CC/C=C\C/C=C\C/C=C\C/C=C\C/C=C\CCC(=O)OC(COC(=O)CCCCCCC\C=C/C=C\C=C/C=C\CCCCC)COC(=O)CCCCCCCCCCC. The molecule has 0 radical (unpaired) electrons. The van der Waals surface area contributed by atoms with Crippen LogP contribution in [0.1, 0.15) is 201 Å². The van der Waals surface area contributed by atoms with Gasteiger partial charge in [-0.15, -0.1) is 0 Å². The number of carbonyl (C=O) groups is 3. The molecule has 0 aromatic rings. The van der Waals surface area contributed by atoms with Gasteiger partial charge in [-0.3, -0.25) is 14.4 Å². The van der Waals surface area contributed by atoms with Gasteiger partial charge in [0.25, 0.3) is 0 Å². The van der Waals surface area contributed by atoms with E-state index in [9.17, 15) is 14.4 Å². The minimum atomic E-state index is -0.826. The number of unbranched alkanes of at least 4 members (excludes halogenated alkanes) is 16. The molecule has 6 nitrogen and oxygen atoms in total. The Labute approximate surface area is 374 Å². The highest BCUT2D eigenvalue weighted by Crippen LogP contribution is 2.12. The van der Waals surface area contributed by atoms with Crippen molar-refractivity contribution in [1.29, 1.82) is 0 Å². The smallest absolute Gasteiger partial charge is 0.306 e. The van der Waals surface area contributed by atoms with Gasteiger partial charge in [-0.05, 0) is 77.0 Å². The second-order valence-electron chi connectivity index (χ2n) is 15.7. The molecule has 0 fully saturated rings. The van der Waals surface area contributed by atoms with E-state index < -0.39 is 12.1 Å². The van der Waals surface area contributed by atoms with Crippen molar-refractivity contribution in [1.82, 2.24) is 0 Å². The highest BCUT2D eigenvalue weighted by atomic mass is 16.6. The van der Waals surface area contributed by atoms with Crippen molar-refractivity contribution < 1.29 is 28.6 Å². The lowest BCUT2D eigenvalue weighted by atomic mass is 10.1. The second kappa shape index (κ2) is 48.7. The summed E-state index contributed by atoms with van der Waals surface area (Å²) in [5.74, 6) is -1.04. The molecular formula is C55H88O6. The minimum absolute atomic E-state index is 0.117. The molecule has 1 atom stereocenters. The number of hydrogen-bond donors (Lipinski definition) is 0. The molecule has 6 heteroatoms. The molecule has 0 heterocycles. The second-order valence-corrected chi connectivity index (χ2v) is 15.7. The van der Waals surface area contributed by atoms with Crippen LogP contribution in [-0.4, -0.2) is 37.2 Å². The van der Waals surface area contributed by atoms with Gasteiger partial charge < -0.3 is 14.2 Å². The van der Waals surface area contributed by atoms with Crippen molar-refractivity contribution in [3.05, 3.63) is 109 Å². The molecule has 0 rings (SSSR count). The van der Waals surface area contributed by atoms with Crippen molar-refractivity contribution in [3.8, 4) is 0 Å². The van der Waals surface area contributed by atoms with Crippen molar-refractivity contribution in [2.45, 2.75) is 207 Å². The Balaban J connectivity index is 4.52. The zero-order valence-corrected chi connectivity index (χ0v) is 39.1. The van der Waals surface area contributed by atoms with Crippen molar-refractivity contribution >= 4 is 17.9 Å². The molecule has 0 saturated heterocycles. The highest BCUT2D eigenvalue weighted by Gasteiger charge is 2.19. The van der Waals surface area contributed by atoms with Crippen LogP contribution in [0.5, 0.6) is 0 Å². The van der Waals surface area contributed by atoms with E-state index in [0.29, 0.717) is 19.3 Å². The fourth-order valence-corrected chi connectivity index (χ4v) is 6.21. The lowest BCUT2D eigenvalue weighted by Crippen LogP contribution is -2.30. The van der Waals surface area contributed by atoms with E-state index in [1.54, 1.807) is 0 Å². The third kappa shape index (κ3) is 47.0. The van der Waals surface area contributed by atoms with Gasteiger partial charge in [-0.25, -0.2) is 0 Å². The maximum atomic E-state index is 12.7. The molecule has 0 saturated carbocycles. The molecule has 344 valence electrons. The fraction of sp³-hybridized carbons (Fsp3) is 0.618. The molecule has 0 aromatic carbocycles. The topological polar surface area (TPSA) is 78.9 Å². The Morgan fingerprint density at radius 1 is 0.361 bits per heavy atom. The predicted octanol–water partition coefficient (Wildman–Crippen LogP) is 16.0. The summed E-state index contributed by atoms with van der Waals surface area (Å²) >= 11 is 0. The summed E-state index contributed by atoms with van der Waals surface area (Å²) in [5.41, 5.74) is 0. The van der Waals surface area contributed by atoms with Crippen LogP contribution in [-0.2, 0) is 28.6 Å². The maximum Gasteiger partial charge on any atom is 0.306 e. The lowest BCUT2D eigenvalue weighted by molar-refractivity contribution is -0.166. The van der Waals surface area contributed by atoms with Gasteiger partial charge in [-0.1, -0.05) is 214 Å². The van der Waals surface area contributed by atoms with Crippen LogP contribution < -0.4 is 0 Å². The van der Waals surface area contributed by atoms with Gasteiger partial charge in [-0.2, -0.15) is 0 Å². The Hall–Kier alpha value is -3.93. The number of allylic oxidation sites excluding steroid dienone is 18. The van der Waals surface area contributed by atoms with Crippen molar-refractivity contribution in [2.75, 3.05) is 13.2 Å². The standard InChI is InChI=1S/C55H88O6/c1-4-7-10-13-16-19-21-23-25-27-28-30-31-33-36-39-42-45-48-54(57)60-51-52(50-59-53(56)47-44-41-38-35-18-15-12-9-6-3)61-55(58)49-46-43-40-37-34-32-29-26-24-22-20-17-14-11-8-5-2/h8,11,16-17,19-21,23-28,30,32,34,40,43,52H,4-7,9-10,12-15,18,22,29,31,33,35-39,41-42,44-51H2,1-3H3/b11-8-,19-16-,20-17-,23-21-,26-24-,27-25-,30-28-,34-32-,43-40-. The first-order chi connectivity index (χ1) is 30.0. The fourth-order valence-electron chi connectivity index (χ4n) is 6.21. The van der Waals surface area contributed by atoms with Gasteiger partial charge >= 0.3 is 17.9 Å². The summed E-state index contributed by atoms with van der Waals surface area (Å²) in [7, 11) is 0. The van der Waals surface area contributed by atoms with E-state index in [2.05, 4.69) is 118 Å². The summed E-state index contributed by atoms with van der Waals surface area (Å²) in [6.45, 7) is 6.36. The van der Waals surface area contributed by atoms with Crippen molar-refractivity contribution in [3.63, 3.8) is 0 Å². The minimum Gasteiger partial charge on any atom is -0.462 e. The molecule has 1 unspecified atom stereocenters. The monoisotopic (exact) mass is 845 g/mol. The van der Waals surface area contributed by atoms with Crippen LogP contribution in [0.15, 0.2) is 109 Å². The summed E-state index contributed by atoms with van der Waals surface area (Å²) in [4.78, 5) is 37.8. The van der Waals surface area contributed by atoms with E-state index in [4.69, 9.17) is 14.2 Å². The number of esters is 3. The molecule has 0 aromatic heterocycles. The summed E-state index contributed by atoms with van der Waals surface area (Å²) < 4.78 is 16.6. The van der Waals surface area contributed by atoms with Crippen LogP contribution in [0, 0.1) is 0 Å². The van der Waals surface area contributed by atoms with Gasteiger partial charge in [0.05, 0.1) is 0 Å². The van der Waals surface area contributed by atoms with Crippen LogP contribution in [0.2, 0.25) is 0 Å². The molecule has 0 amide bonds. The average Bonchev–Trinajstić information content (AvgIpc) is 3.26. The zero-order chi connectivity index (χ0) is 44.4. The van der Waals surface area contributed by atoms with E-state index in [1.165, 1.54) is 57.8 Å². The van der Waals surface area contributed by atoms with Crippen LogP contribution in [0.3, 0.4) is 0 Å². The Morgan fingerprint density at radius 2 is 0.738 bits per heavy atom. The highest BCUT2D eigenvalue weighted by molar-refractivity contribution is 5.71. The quantitative estimate of drug-likeness (QED) is 0.0200. The van der Waals surface area contributed by atoms with Crippen LogP contribution in [0.4, 0.5) is 0 Å². The molecule has 0 aliphatic carbocycles. The average molecular weight is 845 g/mol. The molecule has 0 spiro atoms. The number of hydrogen-bond acceptors (Lipinski definition) is 6. The van der Waals surface area contributed by atoms with E-state index in [1.807, 2.05) is 12.2 Å². The molecule has 0 aliphatic rings. The Morgan fingerprint density at radius 3 is 1.21 bits per heavy atom. The normalized spacial score (nSPS) is 13.0. The largest absolute Gasteiger partial charge is 0.462 e. The molecular weight excluding hydrogens is 757 g/mol. The van der Waals surface area contributed by atoms with Gasteiger partial charge in [0.2, 0.25) is 0 Å². The lowest BCUT2D eigenvalue weighted by Gasteiger charge is -2.18. The third-order valence-corrected chi connectivity index (χ3v) is 9.87. The Bertz CT molecular complexity index is 1290. The first kappa shape index (κ1) is 57.1. The van der Waals surface area contributed by atoms with Crippen LogP contribution >= 0.6 is 0 Å². The van der Waals surface area contributed by atoms with Gasteiger partial charge in [0, 0.05) is 19.3 Å². The Kier molecular flexibility index (Phi) is 45.6. The maximum absolute atomic E-state index is 12.7. The molecule has 0 N–H and O–H groups in total. The zero-order valence-electron chi connectivity index (χ0n) is 39.1. The van der Waals surface area contributed by atoms with E-state index in [0.717, 1.165) is 96.3 Å². The van der Waals surface area contributed by atoms with Crippen LogP contribution in [0.25, 0.3) is 0 Å². The summed E-state index contributed by atoms with van der Waals surface area (Å²) in [6.07, 6.45) is 65.1. The summed E-state index contributed by atoms with van der Waals surface area (Å²) in [5, 5.41) is 0. The first-order valence-corrected chi connectivity index (χ1v) is 24.4. The van der Waals surface area contributed by atoms with E-state index in [-0.39, 0.29) is 31.6 Å². The number of ether oxygens (including phenoxy) is 3. The van der Waals surface area contributed by atoms with E-state index >= 15 is 0 Å². The number of rotatable bonds is 42. The summed E-state index contributed by atoms with van der Waals surface area (Å²) in [6, 6.07) is 0. The number of carbonyl (C=O) groups excluding carboxylic acids is 3. The van der Waals surface area contributed by atoms with Crippen molar-refractivity contribution in [2.24, 2.45) is 0 Å². The predicted molar refractivity (Wildman–Crippen MR) is 260 cm³/mol. The van der Waals surface area contributed by atoms with Gasteiger partial charge in [0.1, 0.15) is 13.2 Å². The first-order valence-electron chi connectivity index (χ1n) is 24.4. The van der Waals surface area contributed by atoms with Gasteiger partial charge in [0.15, 0.2) is 6.10 Å². The molecule has 61 heavy (non-hydrogen) atoms. The third-order valence-electron chi connectivity index (χ3n) is 9.87. The molecule has 0 bridgehead atoms. The molecule has 0 aliphatic heterocycles.